The van der Waals surface area contributed by atoms with Crippen molar-refractivity contribution < 1.29 is 14.0 Å². The molecule has 0 aliphatic rings. The summed E-state index contributed by atoms with van der Waals surface area (Å²) in [5.74, 6) is 0.137. The van der Waals surface area contributed by atoms with Crippen molar-refractivity contribution in [1.82, 2.24) is 0 Å². The van der Waals surface area contributed by atoms with Gasteiger partial charge in [0.05, 0.1) is 5.39 Å². The van der Waals surface area contributed by atoms with E-state index < -0.39 is 10.8 Å². The predicted octanol–water partition coefficient (Wildman–Crippen LogP) is 5.92. The molecule has 2 aromatic carbocycles. The third-order valence-corrected chi connectivity index (χ3v) is 4.79. The van der Waals surface area contributed by atoms with Crippen LogP contribution in [0.3, 0.4) is 0 Å². The number of carbonyl (C=O) groups is 2. The maximum absolute atomic E-state index is 13.1. The van der Waals surface area contributed by atoms with Gasteiger partial charge in [-0.3, -0.25) is 14.4 Å². The number of ketones is 2. The van der Waals surface area contributed by atoms with E-state index >= 15 is 0 Å². The first-order valence-corrected chi connectivity index (χ1v) is 9.66. The zero-order valence-electron chi connectivity index (χ0n) is 17.8. The molecule has 0 saturated heterocycles. The first-order chi connectivity index (χ1) is 13.4. The van der Waals surface area contributed by atoms with Crippen molar-refractivity contribution in [2.45, 2.75) is 41.5 Å². The van der Waals surface area contributed by atoms with E-state index in [0.717, 1.165) is 0 Å². The van der Waals surface area contributed by atoms with Gasteiger partial charge in [-0.1, -0.05) is 59.7 Å². The minimum Gasteiger partial charge on any atom is -0.456 e. The molecule has 150 valence electrons. The summed E-state index contributed by atoms with van der Waals surface area (Å²) in [6.07, 6.45) is 0. The van der Waals surface area contributed by atoms with Gasteiger partial charge in [-0.05, 0) is 24.3 Å². The van der Waals surface area contributed by atoms with Crippen LogP contribution in [0.25, 0.3) is 22.3 Å². The van der Waals surface area contributed by atoms with Crippen LogP contribution in [0.1, 0.15) is 62.3 Å². The molecule has 0 unspecified atom stereocenters. The predicted molar refractivity (Wildman–Crippen MR) is 115 cm³/mol. The fraction of sp³-hybridized carbons (Fsp3) is 0.320. The number of rotatable bonds is 3. The monoisotopic (exact) mass is 390 g/mol. The lowest BCUT2D eigenvalue weighted by atomic mass is 9.79. The number of fused-ring (bicyclic) bond motifs is 1. The number of hydrogen-bond acceptors (Lipinski definition) is 4. The van der Waals surface area contributed by atoms with Crippen molar-refractivity contribution in [3.05, 3.63) is 69.9 Å². The fourth-order valence-electron chi connectivity index (χ4n) is 3.14. The van der Waals surface area contributed by atoms with E-state index in [4.69, 9.17) is 4.42 Å². The fourth-order valence-corrected chi connectivity index (χ4v) is 3.14. The number of hydrogen-bond donors (Lipinski definition) is 0. The Morgan fingerprint density at radius 2 is 1.34 bits per heavy atom. The summed E-state index contributed by atoms with van der Waals surface area (Å²) in [6.45, 7) is 11.0. The van der Waals surface area contributed by atoms with Gasteiger partial charge in [0, 0.05) is 33.6 Å². The van der Waals surface area contributed by atoms with Crippen molar-refractivity contribution in [2.24, 2.45) is 10.8 Å². The Kier molecular flexibility index (Phi) is 5.08. The molecule has 0 radical (unpaired) electrons. The molecule has 0 saturated carbocycles. The summed E-state index contributed by atoms with van der Waals surface area (Å²) < 4.78 is 5.92. The second-order valence-electron chi connectivity index (χ2n) is 9.39. The van der Waals surface area contributed by atoms with Gasteiger partial charge in [-0.25, -0.2) is 0 Å². The largest absolute Gasteiger partial charge is 0.456 e. The van der Waals surface area contributed by atoms with Gasteiger partial charge in [0.2, 0.25) is 0 Å². The topological polar surface area (TPSA) is 64.3 Å². The van der Waals surface area contributed by atoms with Crippen molar-refractivity contribution in [2.75, 3.05) is 0 Å². The molecule has 0 bridgehead atoms. The van der Waals surface area contributed by atoms with Crippen LogP contribution in [0.2, 0.25) is 0 Å². The summed E-state index contributed by atoms with van der Waals surface area (Å²) in [6, 6.07) is 13.5. The molecule has 3 aromatic rings. The summed E-state index contributed by atoms with van der Waals surface area (Å²) in [4.78, 5) is 38.6. The second kappa shape index (κ2) is 7.11. The Bertz CT molecular complexity index is 1170. The SMILES string of the molecule is CC(C)(C)C(=O)c1ccc(-c2cc(=O)c3ccccc3o2)cc1C(=O)C(C)(C)C. The molecule has 0 N–H and O–H groups in total. The molecule has 0 amide bonds. The molecule has 1 aromatic heterocycles. The summed E-state index contributed by atoms with van der Waals surface area (Å²) >= 11 is 0. The van der Waals surface area contributed by atoms with E-state index in [2.05, 4.69) is 0 Å². The number of para-hydroxylation sites is 1. The average molecular weight is 390 g/mol. The quantitative estimate of drug-likeness (QED) is 0.521. The molecule has 0 atom stereocenters. The van der Waals surface area contributed by atoms with Crippen LogP contribution in [-0.2, 0) is 0 Å². The highest BCUT2D eigenvalue weighted by Crippen LogP contribution is 2.32. The van der Waals surface area contributed by atoms with Gasteiger partial charge < -0.3 is 4.42 Å². The average Bonchev–Trinajstić information content (AvgIpc) is 2.65. The summed E-state index contributed by atoms with van der Waals surface area (Å²) in [5.41, 5.74) is 0.384. The number of carbonyl (C=O) groups excluding carboxylic acids is 2. The first kappa shape index (κ1) is 20.7. The summed E-state index contributed by atoms with van der Waals surface area (Å²) in [7, 11) is 0. The number of benzene rings is 2. The Labute approximate surface area is 170 Å². The highest BCUT2D eigenvalue weighted by molar-refractivity contribution is 6.12. The Hall–Kier alpha value is -3.01. The molecule has 0 fully saturated rings. The third kappa shape index (κ3) is 4.07. The van der Waals surface area contributed by atoms with Crippen LogP contribution < -0.4 is 5.43 Å². The zero-order chi connectivity index (χ0) is 21.6. The normalized spacial score (nSPS) is 12.2. The maximum Gasteiger partial charge on any atom is 0.193 e. The van der Waals surface area contributed by atoms with Crippen molar-refractivity contribution in [3.63, 3.8) is 0 Å². The lowest BCUT2D eigenvalue weighted by Crippen LogP contribution is -2.27. The maximum atomic E-state index is 13.1. The third-order valence-electron chi connectivity index (χ3n) is 4.79. The number of Topliss-reactive ketones (excluding diaryl/α,β-unsaturated/α-hetero) is 2. The van der Waals surface area contributed by atoms with Gasteiger partial charge in [0.1, 0.15) is 11.3 Å². The molecule has 4 heteroatoms. The van der Waals surface area contributed by atoms with Crippen molar-refractivity contribution in [1.29, 1.82) is 0 Å². The van der Waals surface area contributed by atoms with Crippen LogP contribution in [0.4, 0.5) is 0 Å². The van der Waals surface area contributed by atoms with Crippen molar-refractivity contribution >= 4 is 22.5 Å². The molecule has 4 nitrogen and oxygen atoms in total. The zero-order valence-corrected chi connectivity index (χ0v) is 17.8. The van der Waals surface area contributed by atoms with E-state index in [-0.39, 0.29) is 17.0 Å². The molecule has 0 aliphatic heterocycles. The standard InChI is InChI=1S/C25H26O4/c1-24(2,3)22(27)16-12-11-15(13-18(16)23(28)25(4,5)6)21-14-19(26)17-9-7-8-10-20(17)29-21/h7-14H,1-6H3. The van der Waals surface area contributed by atoms with E-state index in [0.29, 0.717) is 33.4 Å². The van der Waals surface area contributed by atoms with Crippen LogP contribution in [-0.4, -0.2) is 11.6 Å². The summed E-state index contributed by atoms with van der Waals surface area (Å²) in [5, 5.41) is 0.502. The van der Waals surface area contributed by atoms with E-state index in [9.17, 15) is 14.4 Å². The Balaban J connectivity index is 2.24. The Morgan fingerprint density at radius 3 is 1.97 bits per heavy atom. The minimum absolute atomic E-state index is 0.100. The van der Waals surface area contributed by atoms with Gasteiger partial charge in [-0.2, -0.15) is 0 Å². The van der Waals surface area contributed by atoms with Crippen LogP contribution in [0.5, 0.6) is 0 Å². The van der Waals surface area contributed by atoms with E-state index in [1.165, 1.54) is 6.07 Å². The molecule has 3 rings (SSSR count). The minimum atomic E-state index is -0.657. The lowest BCUT2D eigenvalue weighted by molar-refractivity contribution is 0.0823. The molecule has 1 heterocycles. The second-order valence-corrected chi connectivity index (χ2v) is 9.39. The Morgan fingerprint density at radius 1 is 0.759 bits per heavy atom. The smallest absolute Gasteiger partial charge is 0.193 e. The lowest BCUT2D eigenvalue weighted by Gasteiger charge is -2.23. The molecular formula is C25H26O4. The van der Waals surface area contributed by atoms with Crippen LogP contribution >= 0.6 is 0 Å². The van der Waals surface area contributed by atoms with Crippen molar-refractivity contribution in [3.8, 4) is 11.3 Å². The van der Waals surface area contributed by atoms with E-state index in [1.54, 1.807) is 42.5 Å². The highest BCUT2D eigenvalue weighted by atomic mass is 16.3. The first-order valence-electron chi connectivity index (χ1n) is 9.66. The van der Waals surface area contributed by atoms with Gasteiger partial charge in [0.15, 0.2) is 17.0 Å². The molecule has 29 heavy (non-hydrogen) atoms. The van der Waals surface area contributed by atoms with Gasteiger partial charge >= 0.3 is 0 Å². The van der Waals surface area contributed by atoms with Gasteiger partial charge in [-0.15, -0.1) is 0 Å². The van der Waals surface area contributed by atoms with Gasteiger partial charge in [0.25, 0.3) is 0 Å². The molecule has 0 spiro atoms. The molecule has 0 aliphatic carbocycles. The van der Waals surface area contributed by atoms with Crippen LogP contribution in [0, 0.1) is 10.8 Å². The van der Waals surface area contributed by atoms with E-state index in [1.807, 2.05) is 41.5 Å². The molecular weight excluding hydrogens is 364 g/mol. The van der Waals surface area contributed by atoms with Crippen LogP contribution in [0.15, 0.2) is 57.7 Å². The highest BCUT2D eigenvalue weighted by Gasteiger charge is 2.31.